The van der Waals surface area contributed by atoms with Gasteiger partial charge in [0.1, 0.15) is 0 Å². The number of amides is 1. The number of carbonyl (C=O) groups excluding carboxylic acids is 1. The third-order valence-corrected chi connectivity index (χ3v) is 3.98. The topological polar surface area (TPSA) is 91.0 Å². The van der Waals surface area contributed by atoms with Crippen LogP contribution in [0.25, 0.3) is 5.69 Å². The Hall–Kier alpha value is -2.78. The van der Waals surface area contributed by atoms with Crippen LogP contribution in [0.15, 0.2) is 45.9 Å². The van der Waals surface area contributed by atoms with E-state index in [4.69, 9.17) is 4.74 Å². The molecule has 2 aromatic heterocycles. The Morgan fingerprint density at radius 1 is 1.25 bits per heavy atom. The van der Waals surface area contributed by atoms with Crippen LogP contribution < -0.4 is 11.0 Å². The van der Waals surface area contributed by atoms with Crippen molar-refractivity contribution in [2.45, 2.75) is 6.54 Å². The summed E-state index contributed by atoms with van der Waals surface area (Å²) in [7, 11) is 1.55. The standard InChI is InChI=1S/C15H15N5O3S/c1-23-8-7-19-15(22)20(18-17-19)13-4-2-12(3-5-13)16-14(21)11-6-9-24-10-11/h2-6,9-10H,7-8H2,1H3,(H,16,21). The number of aromatic nitrogens is 4. The number of nitrogens with zero attached hydrogens (tertiary/aromatic N) is 4. The van der Waals surface area contributed by atoms with Crippen LogP contribution in [0.4, 0.5) is 5.69 Å². The number of hydrogen-bond acceptors (Lipinski definition) is 6. The molecule has 1 aromatic carbocycles. The summed E-state index contributed by atoms with van der Waals surface area (Å²) >= 11 is 1.46. The molecule has 0 aliphatic rings. The van der Waals surface area contributed by atoms with Crippen molar-refractivity contribution in [2.24, 2.45) is 0 Å². The van der Waals surface area contributed by atoms with Crippen LogP contribution in [0.5, 0.6) is 0 Å². The summed E-state index contributed by atoms with van der Waals surface area (Å²) in [6.07, 6.45) is 0. The highest BCUT2D eigenvalue weighted by Gasteiger charge is 2.10. The van der Waals surface area contributed by atoms with Gasteiger partial charge in [-0.1, -0.05) is 0 Å². The molecule has 8 nitrogen and oxygen atoms in total. The van der Waals surface area contributed by atoms with Crippen LogP contribution in [0.1, 0.15) is 10.4 Å². The number of anilines is 1. The Morgan fingerprint density at radius 3 is 2.71 bits per heavy atom. The van der Waals surface area contributed by atoms with Crippen molar-refractivity contribution in [3.8, 4) is 5.69 Å². The van der Waals surface area contributed by atoms with Crippen molar-refractivity contribution >= 4 is 22.9 Å². The molecule has 1 N–H and O–H groups in total. The van der Waals surface area contributed by atoms with Crippen molar-refractivity contribution in [2.75, 3.05) is 19.0 Å². The Labute approximate surface area is 141 Å². The first-order valence-corrected chi connectivity index (χ1v) is 8.09. The molecule has 0 spiro atoms. The fourth-order valence-corrected chi connectivity index (χ4v) is 2.67. The van der Waals surface area contributed by atoms with Gasteiger partial charge in [0, 0.05) is 18.2 Å². The highest BCUT2D eigenvalue weighted by Crippen LogP contribution is 2.14. The normalized spacial score (nSPS) is 10.7. The second-order valence-corrected chi connectivity index (χ2v) is 5.68. The highest BCUT2D eigenvalue weighted by molar-refractivity contribution is 7.08. The molecular formula is C15H15N5O3S. The summed E-state index contributed by atoms with van der Waals surface area (Å²) in [6.45, 7) is 0.719. The maximum atomic E-state index is 12.2. The Kier molecular flexibility index (Phi) is 4.82. The second-order valence-electron chi connectivity index (χ2n) is 4.90. The van der Waals surface area contributed by atoms with Crippen LogP contribution in [-0.2, 0) is 11.3 Å². The molecule has 0 fully saturated rings. The number of rotatable bonds is 6. The molecule has 0 bridgehead atoms. The predicted molar refractivity (Wildman–Crippen MR) is 89.8 cm³/mol. The zero-order valence-corrected chi connectivity index (χ0v) is 13.7. The van der Waals surface area contributed by atoms with Crippen LogP contribution in [-0.4, -0.2) is 39.4 Å². The van der Waals surface area contributed by atoms with Gasteiger partial charge in [0.05, 0.1) is 24.4 Å². The van der Waals surface area contributed by atoms with Crippen LogP contribution >= 0.6 is 11.3 Å². The molecule has 0 radical (unpaired) electrons. The molecule has 0 saturated heterocycles. The largest absolute Gasteiger partial charge is 0.383 e. The molecule has 1 amide bonds. The molecule has 124 valence electrons. The fourth-order valence-electron chi connectivity index (χ4n) is 2.04. The summed E-state index contributed by atoms with van der Waals surface area (Å²) in [6, 6.07) is 8.56. The van der Waals surface area contributed by atoms with Crippen LogP contribution in [0.2, 0.25) is 0 Å². The summed E-state index contributed by atoms with van der Waals surface area (Å²) in [5.41, 5.74) is 1.47. The van der Waals surface area contributed by atoms with Gasteiger partial charge in [0.2, 0.25) is 0 Å². The minimum absolute atomic E-state index is 0.174. The third kappa shape index (κ3) is 3.42. The lowest BCUT2D eigenvalue weighted by Gasteiger charge is -2.05. The summed E-state index contributed by atoms with van der Waals surface area (Å²) < 4.78 is 7.35. The fraction of sp³-hybridized carbons (Fsp3) is 0.200. The molecule has 3 rings (SSSR count). The Morgan fingerprint density at radius 2 is 2.04 bits per heavy atom. The zero-order valence-electron chi connectivity index (χ0n) is 12.9. The van der Waals surface area contributed by atoms with Gasteiger partial charge in [-0.25, -0.2) is 4.79 Å². The van der Waals surface area contributed by atoms with E-state index in [9.17, 15) is 9.59 Å². The lowest BCUT2D eigenvalue weighted by atomic mass is 10.2. The minimum Gasteiger partial charge on any atom is -0.383 e. The second kappa shape index (κ2) is 7.20. The smallest absolute Gasteiger partial charge is 0.368 e. The maximum Gasteiger partial charge on any atom is 0.368 e. The summed E-state index contributed by atoms with van der Waals surface area (Å²) in [5, 5.41) is 14.1. The molecule has 2 heterocycles. The van der Waals surface area contributed by atoms with Crippen molar-refractivity contribution in [3.63, 3.8) is 0 Å². The van der Waals surface area contributed by atoms with E-state index in [1.807, 2.05) is 5.38 Å². The van der Waals surface area contributed by atoms with E-state index in [1.54, 1.807) is 42.8 Å². The lowest BCUT2D eigenvalue weighted by Crippen LogP contribution is -2.25. The van der Waals surface area contributed by atoms with Gasteiger partial charge in [-0.2, -0.15) is 20.7 Å². The number of nitrogens with one attached hydrogen (secondary N) is 1. The number of tetrazole rings is 1. The van der Waals surface area contributed by atoms with Crippen molar-refractivity contribution in [1.29, 1.82) is 0 Å². The first-order valence-electron chi connectivity index (χ1n) is 7.15. The number of thiophene rings is 1. The van der Waals surface area contributed by atoms with E-state index in [-0.39, 0.29) is 11.6 Å². The number of methoxy groups -OCH3 is 1. The number of carbonyl (C=O) groups is 1. The van der Waals surface area contributed by atoms with E-state index < -0.39 is 0 Å². The zero-order chi connectivity index (χ0) is 16.9. The number of hydrogen-bond donors (Lipinski definition) is 1. The Balaban J connectivity index is 1.74. The predicted octanol–water partition coefficient (Wildman–Crippen LogP) is 1.39. The van der Waals surface area contributed by atoms with Crippen molar-refractivity contribution < 1.29 is 9.53 Å². The highest BCUT2D eigenvalue weighted by atomic mass is 32.1. The summed E-state index contributed by atoms with van der Waals surface area (Å²) in [4.78, 5) is 24.2. The van der Waals surface area contributed by atoms with Gasteiger partial charge in [-0.3, -0.25) is 4.79 Å². The van der Waals surface area contributed by atoms with Crippen LogP contribution in [0, 0.1) is 0 Å². The molecule has 0 aliphatic carbocycles. The first-order chi connectivity index (χ1) is 11.7. The quantitative estimate of drug-likeness (QED) is 0.729. The number of ether oxygens (including phenoxy) is 1. The molecule has 0 saturated carbocycles. The van der Waals surface area contributed by atoms with Gasteiger partial charge in [-0.15, -0.1) is 0 Å². The molecular weight excluding hydrogens is 330 g/mol. The SMILES string of the molecule is COCCn1nnn(-c2ccc(NC(=O)c3ccsc3)cc2)c1=O. The van der Waals surface area contributed by atoms with Crippen LogP contribution in [0.3, 0.4) is 0 Å². The molecule has 0 atom stereocenters. The summed E-state index contributed by atoms with van der Waals surface area (Å²) in [5.74, 6) is -0.174. The molecule has 24 heavy (non-hydrogen) atoms. The third-order valence-electron chi connectivity index (χ3n) is 3.30. The minimum atomic E-state index is -0.345. The maximum absolute atomic E-state index is 12.2. The van der Waals surface area contributed by atoms with E-state index in [1.165, 1.54) is 20.7 Å². The molecule has 0 aliphatic heterocycles. The van der Waals surface area contributed by atoms with E-state index >= 15 is 0 Å². The lowest BCUT2D eigenvalue weighted by molar-refractivity contribution is 0.102. The van der Waals surface area contributed by atoms with Crippen molar-refractivity contribution in [3.05, 3.63) is 57.1 Å². The number of benzene rings is 1. The van der Waals surface area contributed by atoms with E-state index in [0.29, 0.717) is 30.1 Å². The van der Waals surface area contributed by atoms with E-state index in [0.717, 1.165) is 0 Å². The average Bonchev–Trinajstić information content (AvgIpc) is 3.24. The van der Waals surface area contributed by atoms with Gasteiger partial charge < -0.3 is 10.1 Å². The Bertz CT molecular complexity index is 867. The first kappa shape index (κ1) is 16.1. The molecule has 3 aromatic rings. The van der Waals surface area contributed by atoms with Gasteiger partial charge >= 0.3 is 5.69 Å². The van der Waals surface area contributed by atoms with E-state index in [2.05, 4.69) is 15.7 Å². The van der Waals surface area contributed by atoms with Gasteiger partial charge in [0.25, 0.3) is 5.91 Å². The van der Waals surface area contributed by atoms with Crippen molar-refractivity contribution in [1.82, 2.24) is 19.8 Å². The monoisotopic (exact) mass is 345 g/mol. The van der Waals surface area contributed by atoms with Gasteiger partial charge in [-0.05, 0) is 46.1 Å². The van der Waals surface area contributed by atoms with Gasteiger partial charge in [0.15, 0.2) is 0 Å². The molecule has 9 heteroatoms. The molecule has 0 unspecified atom stereocenters. The average molecular weight is 345 g/mol.